The number of anilines is 1. The number of nitrogens with two attached hydrogens (primary N) is 1. The van der Waals surface area contributed by atoms with E-state index in [1.807, 2.05) is 30.6 Å². The van der Waals surface area contributed by atoms with Crippen LogP contribution >= 0.6 is 0 Å². The second-order valence-corrected chi connectivity index (χ2v) is 7.15. The number of amides is 1. The maximum atomic E-state index is 12.9. The van der Waals surface area contributed by atoms with Crippen molar-refractivity contribution in [1.82, 2.24) is 15.2 Å². The molecule has 26 heavy (non-hydrogen) atoms. The smallest absolute Gasteiger partial charge is 0.229 e. The molecule has 3 aromatic rings. The normalized spacial score (nSPS) is 16.7. The molecule has 4 rings (SSSR count). The molecule has 0 radical (unpaired) electrons. The molecule has 0 spiro atoms. The third-order valence-corrected chi connectivity index (χ3v) is 5.59. The van der Waals surface area contributed by atoms with Crippen LogP contribution in [-0.4, -0.2) is 27.6 Å². The van der Waals surface area contributed by atoms with Crippen molar-refractivity contribution in [2.24, 2.45) is 17.6 Å². The summed E-state index contributed by atoms with van der Waals surface area (Å²) in [6.07, 6.45) is 11.5. The first kappa shape index (κ1) is 16.8. The number of carbonyl (C=O) groups is 1. The summed E-state index contributed by atoms with van der Waals surface area (Å²) >= 11 is 0. The maximum Gasteiger partial charge on any atom is 0.229 e. The fraction of sp³-hybridized carbons (Fsp3) is 0.400. The number of benzene rings is 1. The second kappa shape index (κ2) is 7.33. The average Bonchev–Trinajstić information content (AvgIpc) is 3.33. The Morgan fingerprint density at radius 2 is 2.12 bits per heavy atom. The van der Waals surface area contributed by atoms with E-state index in [1.165, 1.54) is 19.3 Å². The molecule has 2 aromatic heterocycles. The number of aromatic amines is 2. The van der Waals surface area contributed by atoms with Crippen LogP contribution < -0.4 is 11.1 Å². The average molecular weight is 351 g/mol. The van der Waals surface area contributed by atoms with E-state index in [0.717, 1.165) is 40.6 Å². The van der Waals surface area contributed by atoms with Gasteiger partial charge in [0.1, 0.15) is 0 Å². The summed E-state index contributed by atoms with van der Waals surface area (Å²) < 4.78 is 0. The summed E-state index contributed by atoms with van der Waals surface area (Å²) in [7, 11) is 0. The SMILES string of the molecule is NCC(C(=O)Nc1cccc2c(-c3cn[nH]c3)c[nH]c12)C1CCCCC1. The largest absolute Gasteiger partial charge is 0.359 e. The van der Waals surface area contributed by atoms with Crippen LogP contribution in [0.1, 0.15) is 32.1 Å². The molecule has 1 atom stereocenters. The Balaban J connectivity index is 1.59. The van der Waals surface area contributed by atoms with Crippen molar-refractivity contribution in [2.75, 3.05) is 11.9 Å². The Bertz CT molecular complexity index is 877. The molecule has 1 aliphatic rings. The summed E-state index contributed by atoms with van der Waals surface area (Å²) in [4.78, 5) is 16.2. The van der Waals surface area contributed by atoms with Crippen LogP contribution in [0.5, 0.6) is 0 Å². The lowest BCUT2D eigenvalue weighted by molar-refractivity contribution is -0.121. The molecule has 1 fully saturated rings. The highest BCUT2D eigenvalue weighted by Crippen LogP contribution is 2.33. The van der Waals surface area contributed by atoms with Gasteiger partial charge in [-0.25, -0.2) is 0 Å². The van der Waals surface area contributed by atoms with Gasteiger partial charge < -0.3 is 16.0 Å². The minimum atomic E-state index is -0.117. The molecule has 5 N–H and O–H groups in total. The number of para-hydroxylation sites is 1. The van der Waals surface area contributed by atoms with E-state index in [4.69, 9.17) is 5.73 Å². The van der Waals surface area contributed by atoms with E-state index in [9.17, 15) is 4.79 Å². The number of rotatable bonds is 5. The monoisotopic (exact) mass is 351 g/mol. The molecule has 0 aliphatic heterocycles. The van der Waals surface area contributed by atoms with Crippen molar-refractivity contribution >= 4 is 22.5 Å². The fourth-order valence-electron chi connectivity index (χ4n) is 4.17. The zero-order valence-corrected chi connectivity index (χ0v) is 14.8. The number of hydrogen-bond donors (Lipinski definition) is 4. The molecule has 1 saturated carbocycles. The Labute approximate surface area is 152 Å². The zero-order chi connectivity index (χ0) is 17.9. The van der Waals surface area contributed by atoms with Crippen molar-refractivity contribution < 1.29 is 4.79 Å². The second-order valence-electron chi connectivity index (χ2n) is 7.15. The van der Waals surface area contributed by atoms with Crippen molar-refractivity contribution in [2.45, 2.75) is 32.1 Å². The Morgan fingerprint density at radius 1 is 1.27 bits per heavy atom. The van der Waals surface area contributed by atoms with Gasteiger partial charge in [0.2, 0.25) is 5.91 Å². The van der Waals surface area contributed by atoms with E-state index in [2.05, 4.69) is 20.5 Å². The van der Waals surface area contributed by atoms with E-state index in [0.29, 0.717) is 12.5 Å². The standard InChI is InChI=1S/C20H25N5O/c21-9-16(13-5-2-1-3-6-13)20(26)25-18-8-4-7-15-17(12-22-19(15)18)14-10-23-24-11-14/h4,7-8,10-13,16,22H,1-3,5-6,9,21H2,(H,23,24)(H,25,26). The van der Waals surface area contributed by atoms with Crippen molar-refractivity contribution in [3.05, 3.63) is 36.8 Å². The van der Waals surface area contributed by atoms with E-state index < -0.39 is 0 Å². The predicted molar refractivity (Wildman–Crippen MR) is 104 cm³/mol. The molecular weight excluding hydrogens is 326 g/mol. The van der Waals surface area contributed by atoms with Crippen LogP contribution in [0, 0.1) is 11.8 Å². The van der Waals surface area contributed by atoms with Crippen LogP contribution in [-0.2, 0) is 4.79 Å². The van der Waals surface area contributed by atoms with Gasteiger partial charge >= 0.3 is 0 Å². The molecule has 1 unspecified atom stereocenters. The third kappa shape index (κ3) is 3.12. The van der Waals surface area contributed by atoms with Crippen LogP contribution in [0.15, 0.2) is 36.8 Å². The quantitative estimate of drug-likeness (QED) is 0.564. The van der Waals surface area contributed by atoms with Gasteiger partial charge in [-0.15, -0.1) is 0 Å². The number of nitrogens with zero attached hydrogens (tertiary/aromatic N) is 1. The van der Waals surface area contributed by atoms with Crippen LogP contribution in [0.2, 0.25) is 0 Å². The van der Waals surface area contributed by atoms with Crippen LogP contribution in [0.4, 0.5) is 5.69 Å². The zero-order valence-electron chi connectivity index (χ0n) is 14.8. The highest BCUT2D eigenvalue weighted by atomic mass is 16.1. The maximum absolute atomic E-state index is 12.9. The minimum Gasteiger partial charge on any atom is -0.359 e. The van der Waals surface area contributed by atoms with Crippen molar-refractivity contribution in [3.8, 4) is 11.1 Å². The molecular formula is C20H25N5O. The van der Waals surface area contributed by atoms with E-state index >= 15 is 0 Å². The van der Waals surface area contributed by atoms with Gasteiger partial charge in [0, 0.05) is 35.5 Å². The predicted octanol–water partition coefficient (Wildman–Crippen LogP) is 3.65. The number of hydrogen-bond acceptors (Lipinski definition) is 3. The Hall–Kier alpha value is -2.60. The molecule has 6 nitrogen and oxygen atoms in total. The molecule has 2 heterocycles. The summed E-state index contributed by atoms with van der Waals surface area (Å²) in [6.45, 7) is 0.400. The summed E-state index contributed by atoms with van der Waals surface area (Å²) in [6, 6.07) is 5.95. The lowest BCUT2D eigenvalue weighted by Crippen LogP contribution is -2.36. The van der Waals surface area contributed by atoms with E-state index in [1.54, 1.807) is 6.20 Å². The number of fused-ring (bicyclic) bond motifs is 1. The molecule has 136 valence electrons. The third-order valence-electron chi connectivity index (χ3n) is 5.59. The first-order valence-corrected chi connectivity index (χ1v) is 9.38. The number of nitrogens with one attached hydrogen (secondary N) is 3. The van der Waals surface area contributed by atoms with Gasteiger partial charge in [0.25, 0.3) is 0 Å². The molecule has 6 heteroatoms. The highest BCUT2D eigenvalue weighted by molar-refractivity contribution is 6.06. The van der Waals surface area contributed by atoms with Crippen LogP contribution in [0.3, 0.4) is 0 Å². The first-order valence-electron chi connectivity index (χ1n) is 9.38. The van der Waals surface area contributed by atoms with Gasteiger partial charge in [-0.1, -0.05) is 31.4 Å². The van der Waals surface area contributed by atoms with Crippen LogP contribution in [0.25, 0.3) is 22.0 Å². The van der Waals surface area contributed by atoms with Gasteiger partial charge in [0.05, 0.1) is 23.3 Å². The highest BCUT2D eigenvalue weighted by Gasteiger charge is 2.28. The van der Waals surface area contributed by atoms with Gasteiger partial charge in [-0.3, -0.25) is 9.89 Å². The summed E-state index contributed by atoms with van der Waals surface area (Å²) in [5.41, 5.74) is 9.77. The number of carbonyl (C=O) groups excluding carboxylic acids is 1. The lowest BCUT2D eigenvalue weighted by Gasteiger charge is -2.28. The van der Waals surface area contributed by atoms with Gasteiger partial charge in [0.15, 0.2) is 0 Å². The first-order chi connectivity index (χ1) is 12.8. The fourth-order valence-corrected chi connectivity index (χ4v) is 4.17. The topological polar surface area (TPSA) is 99.6 Å². The van der Waals surface area contributed by atoms with Gasteiger partial charge in [-0.2, -0.15) is 5.10 Å². The summed E-state index contributed by atoms with van der Waals surface area (Å²) in [5.74, 6) is 0.318. The molecule has 0 saturated heterocycles. The minimum absolute atomic E-state index is 0.0337. The number of aromatic nitrogens is 3. The molecule has 1 aliphatic carbocycles. The van der Waals surface area contributed by atoms with Crippen molar-refractivity contribution in [1.29, 1.82) is 0 Å². The molecule has 1 amide bonds. The van der Waals surface area contributed by atoms with Crippen molar-refractivity contribution in [3.63, 3.8) is 0 Å². The Kier molecular flexibility index (Phi) is 4.75. The molecule has 1 aromatic carbocycles. The Morgan fingerprint density at radius 3 is 2.85 bits per heavy atom. The lowest BCUT2D eigenvalue weighted by atomic mass is 9.79. The van der Waals surface area contributed by atoms with Gasteiger partial charge in [-0.05, 0) is 24.8 Å². The van der Waals surface area contributed by atoms with E-state index in [-0.39, 0.29) is 11.8 Å². The number of H-pyrrole nitrogens is 2. The molecule has 0 bridgehead atoms. The summed E-state index contributed by atoms with van der Waals surface area (Å²) in [5, 5.41) is 11.0.